The minimum Gasteiger partial charge on any atom is -0.330 e. The molecule has 2 N–H and O–H groups in total. The van der Waals surface area contributed by atoms with Gasteiger partial charge < -0.3 is 5.73 Å². The van der Waals surface area contributed by atoms with Crippen LogP contribution in [0.15, 0.2) is 42.5 Å². The maximum atomic E-state index is 6.28. The van der Waals surface area contributed by atoms with E-state index in [1.165, 1.54) is 11.1 Å². The molecule has 22 heavy (non-hydrogen) atoms. The molecule has 1 unspecified atom stereocenters. The Balaban J connectivity index is 2.25. The van der Waals surface area contributed by atoms with Gasteiger partial charge >= 0.3 is 0 Å². The molecule has 0 saturated heterocycles. The zero-order valence-electron chi connectivity index (χ0n) is 13.4. The van der Waals surface area contributed by atoms with Gasteiger partial charge in [-0.25, -0.2) is 0 Å². The number of nitrogens with two attached hydrogens (primary N) is 1. The smallest absolute Gasteiger partial charge is 0.0453 e. The maximum absolute atomic E-state index is 6.28. The fourth-order valence-corrected chi connectivity index (χ4v) is 3.12. The summed E-state index contributed by atoms with van der Waals surface area (Å²) in [4.78, 5) is 0. The number of hydrogen-bond donors (Lipinski definition) is 1. The molecular formula is C19H23Cl2N. The first kappa shape index (κ1) is 17.3. The van der Waals surface area contributed by atoms with Crippen molar-refractivity contribution in [1.29, 1.82) is 0 Å². The van der Waals surface area contributed by atoms with E-state index in [1.54, 1.807) is 0 Å². The van der Waals surface area contributed by atoms with Crippen molar-refractivity contribution in [2.75, 3.05) is 6.54 Å². The van der Waals surface area contributed by atoms with E-state index < -0.39 is 0 Å². The second kappa shape index (κ2) is 7.04. The van der Waals surface area contributed by atoms with Gasteiger partial charge in [0, 0.05) is 16.0 Å². The number of halogens is 2. The van der Waals surface area contributed by atoms with Crippen LogP contribution in [0.25, 0.3) is 0 Å². The molecule has 0 amide bonds. The fourth-order valence-electron chi connectivity index (χ4n) is 2.57. The Morgan fingerprint density at radius 1 is 0.955 bits per heavy atom. The Morgan fingerprint density at radius 3 is 1.95 bits per heavy atom. The van der Waals surface area contributed by atoms with E-state index in [9.17, 15) is 0 Å². The summed E-state index contributed by atoms with van der Waals surface area (Å²) in [5.41, 5.74) is 9.67. The first-order chi connectivity index (χ1) is 10.3. The zero-order chi connectivity index (χ0) is 16.3. The maximum Gasteiger partial charge on any atom is 0.0453 e. The van der Waals surface area contributed by atoms with Crippen molar-refractivity contribution < 1.29 is 0 Å². The summed E-state index contributed by atoms with van der Waals surface area (Å²) >= 11 is 12.6. The summed E-state index contributed by atoms with van der Waals surface area (Å²) in [7, 11) is 0. The van der Waals surface area contributed by atoms with Crippen LogP contribution in [0.5, 0.6) is 0 Å². The molecule has 1 atom stereocenters. The summed E-state index contributed by atoms with van der Waals surface area (Å²) in [6.07, 6.45) is 0.754. The molecule has 0 aliphatic heterocycles. The van der Waals surface area contributed by atoms with Crippen LogP contribution >= 0.6 is 23.2 Å². The van der Waals surface area contributed by atoms with Gasteiger partial charge in [-0.2, -0.15) is 0 Å². The molecule has 3 heteroatoms. The third-order valence-electron chi connectivity index (χ3n) is 4.04. The Bertz CT molecular complexity index is 607. The molecule has 0 aliphatic carbocycles. The molecule has 0 aliphatic rings. The van der Waals surface area contributed by atoms with Crippen molar-refractivity contribution in [3.63, 3.8) is 0 Å². The predicted molar refractivity (Wildman–Crippen MR) is 97.1 cm³/mol. The third-order valence-corrected chi connectivity index (χ3v) is 4.75. The predicted octanol–water partition coefficient (Wildman–Crippen LogP) is 5.58. The molecule has 0 aromatic heterocycles. The molecule has 0 radical (unpaired) electrons. The van der Waals surface area contributed by atoms with E-state index in [4.69, 9.17) is 28.9 Å². The summed E-state index contributed by atoms with van der Waals surface area (Å²) in [5, 5.41) is 1.41. The van der Waals surface area contributed by atoms with Crippen molar-refractivity contribution in [3.05, 3.63) is 69.2 Å². The van der Waals surface area contributed by atoms with Gasteiger partial charge in [0.2, 0.25) is 0 Å². The standard InChI is InChI=1S/C19H23Cl2N/c1-19(2,3)15-9-7-13(8-10-15)14(12-22)11-16-17(20)5-4-6-18(16)21/h4-10,14H,11-12,22H2,1-3H3. The topological polar surface area (TPSA) is 26.0 Å². The largest absolute Gasteiger partial charge is 0.330 e. The highest BCUT2D eigenvalue weighted by Crippen LogP contribution is 2.31. The summed E-state index contributed by atoms with van der Waals surface area (Å²) in [5.74, 6) is 0.214. The van der Waals surface area contributed by atoms with Crippen LogP contribution in [-0.4, -0.2) is 6.54 Å². The first-order valence-electron chi connectivity index (χ1n) is 7.56. The van der Waals surface area contributed by atoms with E-state index in [1.807, 2.05) is 18.2 Å². The number of rotatable bonds is 4. The van der Waals surface area contributed by atoms with Crippen LogP contribution in [0, 0.1) is 0 Å². The van der Waals surface area contributed by atoms with E-state index in [0.717, 1.165) is 12.0 Å². The summed E-state index contributed by atoms with van der Waals surface area (Å²) in [6.45, 7) is 7.21. The molecular weight excluding hydrogens is 313 g/mol. The Morgan fingerprint density at radius 2 is 1.50 bits per heavy atom. The van der Waals surface area contributed by atoms with Crippen LogP contribution in [0.1, 0.15) is 43.4 Å². The van der Waals surface area contributed by atoms with Gasteiger partial charge in [0.05, 0.1) is 0 Å². The van der Waals surface area contributed by atoms with Gasteiger partial charge in [0.1, 0.15) is 0 Å². The molecule has 0 bridgehead atoms. The molecule has 0 fully saturated rings. The van der Waals surface area contributed by atoms with Crippen LogP contribution in [0.4, 0.5) is 0 Å². The van der Waals surface area contributed by atoms with Crippen LogP contribution in [-0.2, 0) is 11.8 Å². The van der Waals surface area contributed by atoms with Crippen molar-refractivity contribution in [2.24, 2.45) is 5.73 Å². The summed E-state index contributed by atoms with van der Waals surface area (Å²) < 4.78 is 0. The Hall–Kier alpha value is -1.02. The molecule has 2 rings (SSSR count). The minimum atomic E-state index is 0.156. The van der Waals surface area contributed by atoms with Gasteiger partial charge in [-0.3, -0.25) is 0 Å². The van der Waals surface area contributed by atoms with E-state index in [-0.39, 0.29) is 11.3 Å². The Labute approximate surface area is 143 Å². The third kappa shape index (κ3) is 4.04. The Kier molecular flexibility index (Phi) is 5.55. The van der Waals surface area contributed by atoms with Crippen LogP contribution in [0.2, 0.25) is 10.0 Å². The van der Waals surface area contributed by atoms with Crippen molar-refractivity contribution in [2.45, 2.75) is 38.5 Å². The van der Waals surface area contributed by atoms with Crippen molar-refractivity contribution in [3.8, 4) is 0 Å². The zero-order valence-corrected chi connectivity index (χ0v) is 14.9. The molecule has 2 aromatic rings. The first-order valence-corrected chi connectivity index (χ1v) is 8.32. The van der Waals surface area contributed by atoms with E-state index in [2.05, 4.69) is 45.0 Å². The van der Waals surface area contributed by atoms with Gasteiger partial charge in [-0.15, -0.1) is 0 Å². The number of hydrogen-bond acceptors (Lipinski definition) is 1. The molecule has 118 valence electrons. The average Bonchev–Trinajstić information content (AvgIpc) is 2.46. The van der Waals surface area contributed by atoms with Gasteiger partial charge in [-0.1, -0.05) is 74.3 Å². The molecule has 0 heterocycles. The lowest BCUT2D eigenvalue weighted by Gasteiger charge is -2.21. The SMILES string of the molecule is CC(C)(C)c1ccc(C(CN)Cc2c(Cl)cccc2Cl)cc1. The highest BCUT2D eigenvalue weighted by atomic mass is 35.5. The quantitative estimate of drug-likeness (QED) is 0.775. The minimum absolute atomic E-state index is 0.156. The second-order valence-electron chi connectivity index (χ2n) is 6.71. The van der Waals surface area contributed by atoms with Crippen LogP contribution < -0.4 is 5.73 Å². The van der Waals surface area contributed by atoms with E-state index >= 15 is 0 Å². The molecule has 0 saturated carbocycles. The monoisotopic (exact) mass is 335 g/mol. The van der Waals surface area contributed by atoms with Gasteiger partial charge in [0.15, 0.2) is 0 Å². The highest BCUT2D eigenvalue weighted by Gasteiger charge is 2.17. The molecule has 1 nitrogen and oxygen atoms in total. The average molecular weight is 336 g/mol. The lowest BCUT2D eigenvalue weighted by Crippen LogP contribution is -2.16. The highest BCUT2D eigenvalue weighted by molar-refractivity contribution is 6.36. The van der Waals surface area contributed by atoms with Gasteiger partial charge in [-0.05, 0) is 47.2 Å². The lowest BCUT2D eigenvalue weighted by atomic mass is 9.84. The van der Waals surface area contributed by atoms with Crippen LogP contribution in [0.3, 0.4) is 0 Å². The van der Waals surface area contributed by atoms with Crippen molar-refractivity contribution >= 4 is 23.2 Å². The van der Waals surface area contributed by atoms with E-state index in [0.29, 0.717) is 16.6 Å². The number of benzene rings is 2. The van der Waals surface area contributed by atoms with Crippen molar-refractivity contribution in [1.82, 2.24) is 0 Å². The van der Waals surface area contributed by atoms with Gasteiger partial charge in [0.25, 0.3) is 0 Å². The normalized spacial score (nSPS) is 13.2. The summed E-state index contributed by atoms with van der Waals surface area (Å²) in [6, 6.07) is 14.3. The molecule has 2 aromatic carbocycles. The second-order valence-corrected chi connectivity index (χ2v) is 7.52. The fraction of sp³-hybridized carbons (Fsp3) is 0.368. The molecule has 0 spiro atoms. The lowest BCUT2D eigenvalue weighted by molar-refractivity contribution is 0.589.